The van der Waals surface area contributed by atoms with Crippen LogP contribution in [0, 0.1) is 15.9 Å². The van der Waals surface area contributed by atoms with E-state index in [1.165, 1.54) is 25.3 Å². The lowest BCUT2D eigenvalue weighted by molar-refractivity contribution is -0.385. The van der Waals surface area contributed by atoms with Crippen LogP contribution in [0.1, 0.15) is 5.56 Å². The smallest absolute Gasteiger partial charge is 0.312 e. The van der Waals surface area contributed by atoms with Crippen LogP contribution in [0.15, 0.2) is 36.4 Å². The molecule has 5 nitrogen and oxygen atoms in total. The van der Waals surface area contributed by atoms with Crippen LogP contribution >= 0.6 is 11.6 Å². The van der Waals surface area contributed by atoms with E-state index in [0.717, 1.165) is 0 Å². The van der Waals surface area contributed by atoms with E-state index in [1.54, 1.807) is 18.2 Å². The molecule has 110 valence electrons. The zero-order valence-corrected chi connectivity index (χ0v) is 11.9. The molecule has 1 N–H and O–H groups in total. The molecular weight excluding hydrogens is 299 g/mol. The molecule has 0 unspecified atom stereocenters. The quantitative estimate of drug-likeness (QED) is 0.669. The lowest BCUT2D eigenvalue weighted by Crippen LogP contribution is -2.03. The number of nitrogens with one attached hydrogen (secondary N) is 1. The van der Waals surface area contributed by atoms with E-state index < -0.39 is 10.7 Å². The number of anilines is 1. The second kappa shape index (κ2) is 6.41. The molecular formula is C14H12ClFN2O3. The van der Waals surface area contributed by atoms with Crippen LogP contribution in [-0.4, -0.2) is 12.0 Å². The maximum absolute atomic E-state index is 13.7. The number of benzene rings is 2. The highest BCUT2D eigenvalue weighted by Crippen LogP contribution is 2.30. The molecule has 21 heavy (non-hydrogen) atoms. The highest BCUT2D eigenvalue weighted by Gasteiger charge is 2.15. The van der Waals surface area contributed by atoms with Gasteiger partial charge < -0.3 is 10.1 Å². The predicted molar refractivity (Wildman–Crippen MR) is 78.4 cm³/mol. The van der Waals surface area contributed by atoms with Gasteiger partial charge in [0.2, 0.25) is 0 Å². The maximum Gasteiger partial charge on any atom is 0.312 e. The molecule has 7 heteroatoms. The van der Waals surface area contributed by atoms with Gasteiger partial charge in [-0.3, -0.25) is 10.1 Å². The Bertz CT molecular complexity index is 679. The number of nitrogens with zero attached hydrogens (tertiary/aromatic N) is 1. The van der Waals surface area contributed by atoms with Gasteiger partial charge in [0.15, 0.2) is 5.75 Å². The number of methoxy groups -OCH3 is 1. The minimum Gasteiger partial charge on any atom is -0.490 e. The van der Waals surface area contributed by atoms with Gasteiger partial charge in [-0.2, -0.15) is 0 Å². The van der Waals surface area contributed by atoms with E-state index in [2.05, 4.69) is 5.32 Å². The van der Waals surface area contributed by atoms with Gasteiger partial charge in [-0.1, -0.05) is 23.7 Å². The maximum atomic E-state index is 13.7. The van der Waals surface area contributed by atoms with Crippen LogP contribution in [0.25, 0.3) is 0 Å². The molecule has 0 amide bonds. The Morgan fingerprint density at radius 3 is 2.81 bits per heavy atom. The minimum atomic E-state index is -0.538. The number of nitro benzene ring substituents is 1. The number of nitro groups is 1. The second-order valence-electron chi connectivity index (χ2n) is 4.21. The molecule has 0 atom stereocenters. The molecule has 2 aromatic carbocycles. The van der Waals surface area contributed by atoms with E-state index >= 15 is 0 Å². The van der Waals surface area contributed by atoms with Crippen molar-refractivity contribution in [2.75, 3.05) is 12.4 Å². The van der Waals surface area contributed by atoms with Gasteiger partial charge in [0.1, 0.15) is 5.82 Å². The molecule has 0 heterocycles. The molecule has 0 saturated carbocycles. The van der Waals surface area contributed by atoms with Crippen molar-refractivity contribution < 1.29 is 14.1 Å². The summed E-state index contributed by atoms with van der Waals surface area (Å²) in [6, 6.07) is 9.12. The van der Waals surface area contributed by atoms with Crippen molar-refractivity contribution in [3.05, 3.63) is 62.9 Å². The molecule has 0 fully saturated rings. The number of hydrogen-bond acceptors (Lipinski definition) is 4. The Morgan fingerprint density at radius 2 is 2.14 bits per heavy atom. The van der Waals surface area contributed by atoms with Crippen molar-refractivity contribution in [2.24, 2.45) is 0 Å². The summed E-state index contributed by atoms with van der Waals surface area (Å²) in [7, 11) is 1.36. The van der Waals surface area contributed by atoms with Crippen LogP contribution in [0.3, 0.4) is 0 Å². The van der Waals surface area contributed by atoms with Crippen molar-refractivity contribution in [3.63, 3.8) is 0 Å². The summed E-state index contributed by atoms with van der Waals surface area (Å²) < 4.78 is 18.6. The molecule has 0 radical (unpaired) electrons. The molecule has 0 bridgehead atoms. The standard InChI is InChI=1S/C14H12ClFN2O3/c1-21-13-6-5-10(7-12(13)18(19)20)17-8-9-3-2-4-11(15)14(9)16/h2-7,17H,8H2,1H3. The van der Waals surface area contributed by atoms with Gasteiger partial charge in [0.05, 0.1) is 17.1 Å². The van der Waals surface area contributed by atoms with E-state index in [1.807, 2.05) is 0 Å². The van der Waals surface area contributed by atoms with E-state index in [4.69, 9.17) is 16.3 Å². The van der Waals surface area contributed by atoms with Gasteiger partial charge >= 0.3 is 5.69 Å². The Kier molecular flexibility index (Phi) is 4.59. The predicted octanol–water partition coefficient (Wildman–Crippen LogP) is 4.01. The lowest BCUT2D eigenvalue weighted by Gasteiger charge is -2.09. The highest BCUT2D eigenvalue weighted by molar-refractivity contribution is 6.30. The molecule has 2 rings (SSSR count). The number of hydrogen-bond donors (Lipinski definition) is 1. The fourth-order valence-corrected chi connectivity index (χ4v) is 2.02. The molecule has 0 aromatic heterocycles. The Hall–Kier alpha value is -2.34. The summed E-state index contributed by atoms with van der Waals surface area (Å²) in [5, 5.41) is 13.9. The van der Waals surface area contributed by atoms with E-state index in [0.29, 0.717) is 11.3 Å². The van der Waals surface area contributed by atoms with Gasteiger partial charge in [0, 0.05) is 23.9 Å². The van der Waals surface area contributed by atoms with Crippen LogP contribution in [0.2, 0.25) is 5.02 Å². The number of ether oxygens (including phenoxy) is 1. The Morgan fingerprint density at radius 1 is 1.38 bits per heavy atom. The zero-order chi connectivity index (χ0) is 15.4. The third-order valence-corrected chi connectivity index (χ3v) is 3.18. The third-order valence-electron chi connectivity index (χ3n) is 2.89. The summed E-state index contributed by atoms with van der Waals surface area (Å²) in [5.41, 5.74) is 0.705. The molecule has 0 aliphatic rings. The summed E-state index contributed by atoms with van der Waals surface area (Å²) in [6.07, 6.45) is 0. The first-order valence-electron chi connectivity index (χ1n) is 6.02. The minimum absolute atomic E-state index is 0.0370. The fourth-order valence-electron chi connectivity index (χ4n) is 1.82. The summed E-state index contributed by atoms with van der Waals surface area (Å²) in [4.78, 5) is 10.4. The van der Waals surface area contributed by atoms with Gasteiger partial charge in [-0.05, 0) is 18.2 Å². The van der Waals surface area contributed by atoms with Gasteiger partial charge in [-0.15, -0.1) is 0 Å². The fraction of sp³-hybridized carbons (Fsp3) is 0.143. The van der Waals surface area contributed by atoms with Crippen molar-refractivity contribution in [2.45, 2.75) is 6.54 Å². The number of halogens is 2. The molecule has 0 saturated heterocycles. The van der Waals surface area contributed by atoms with Crippen LogP contribution in [0.5, 0.6) is 5.75 Å². The first kappa shape index (κ1) is 15.1. The average Bonchev–Trinajstić information content (AvgIpc) is 2.48. The van der Waals surface area contributed by atoms with E-state index in [9.17, 15) is 14.5 Å². The van der Waals surface area contributed by atoms with Gasteiger partial charge in [-0.25, -0.2) is 4.39 Å². The largest absolute Gasteiger partial charge is 0.490 e. The van der Waals surface area contributed by atoms with Crippen LogP contribution < -0.4 is 10.1 Å². The average molecular weight is 311 g/mol. The Balaban J connectivity index is 2.19. The zero-order valence-electron chi connectivity index (χ0n) is 11.1. The molecule has 2 aromatic rings. The summed E-state index contributed by atoms with van der Waals surface area (Å²) in [5.74, 6) is -0.339. The summed E-state index contributed by atoms with van der Waals surface area (Å²) in [6.45, 7) is 0.163. The van der Waals surface area contributed by atoms with Crippen LogP contribution in [0.4, 0.5) is 15.8 Å². The Labute approximate surface area is 125 Å². The van der Waals surface area contributed by atoms with E-state index in [-0.39, 0.29) is 23.0 Å². The monoisotopic (exact) mass is 310 g/mol. The lowest BCUT2D eigenvalue weighted by atomic mass is 10.2. The highest BCUT2D eigenvalue weighted by atomic mass is 35.5. The topological polar surface area (TPSA) is 64.4 Å². The van der Waals surface area contributed by atoms with Crippen molar-refractivity contribution in [1.82, 2.24) is 0 Å². The normalized spacial score (nSPS) is 10.2. The first-order valence-corrected chi connectivity index (χ1v) is 6.40. The first-order chi connectivity index (χ1) is 10.0. The van der Waals surface area contributed by atoms with Gasteiger partial charge in [0.25, 0.3) is 0 Å². The number of rotatable bonds is 5. The van der Waals surface area contributed by atoms with Crippen LogP contribution in [-0.2, 0) is 6.54 Å². The summed E-state index contributed by atoms with van der Waals surface area (Å²) >= 11 is 5.69. The van der Waals surface area contributed by atoms with Crippen molar-refractivity contribution in [3.8, 4) is 5.75 Å². The third kappa shape index (κ3) is 3.41. The SMILES string of the molecule is COc1ccc(NCc2cccc(Cl)c2F)cc1[N+](=O)[O-]. The van der Waals surface area contributed by atoms with Crippen molar-refractivity contribution in [1.29, 1.82) is 0 Å². The molecule has 0 aliphatic heterocycles. The molecule has 0 aliphatic carbocycles. The van der Waals surface area contributed by atoms with Crippen molar-refractivity contribution >= 4 is 23.0 Å². The second-order valence-corrected chi connectivity index (χ2v) is 4.62. The molecule has 0 spiro atoms.